The second-order valence-electron chi connectivity index (χ2n) is 6.95. The number of ether oxygens (including phenoxy) is 4. The molecule has 1 atom stereocenters. The van der Waals surface area contributed by atoms with Gasteiger partial charge in [0.25, 0.3) is 0 Å². The molecule has 1 unspecified atom stereocenters. The molecule has 0 aliphatic rings. The van der Waals surface area contributed by atoms with Gasteiger partial charge in [-0.3, -0.25) is 0 Å². The van der Waals surface area contributed by atoms with Crippen LogP contribution in [0.25, 0.3) is 0 Å². The Morgan fingerprint density at radius 3 is 1.45 bits per heavy atom. The zero-order valence-electron chi connectivity index (χ0n) is 24.2. The minimum atomic E-state index is -1.46. The number of benzene rings is 3. The molecule has 3 aromatic carbocycles. The van der Waals surface area contributed by atoms with Crippen LogP contribution in [0.3, 0.4) is 0 Å². The Balaban J connectivity index is -0.000000135. The van der Waals surface area contributed by atoms with Crippen LogP contribution in [0.4, 0.5) is 4.39 Å². The van der Waals surface area contributed by atoms with E-state index < -0.39 is 11.9 Å². The van der Waals surface area contributed by atoms with E-state index >= 15 is 0 Å². The van der Waals surface area contributed by atoms with Crippen LogP contribution in [0.15, 0.2) is 55.9 Å². The standard InChI is InChI=1S/C15H12BrClFO3.C8H8Br2O2.C3H7.3ClH.Li.2Mg/c1-20-12-7-13(21-2)10(16)6-9(12)15(19)8-4-3-5-11(17)14(8)18;1-11-7-4-8(12-2)6(10)3-5(7)9;1-3-2;;;;;;/h3-7,15H,1-2H3;3-4H,1-2H3;3H,1-2H3;3*1H;;;/q-1;;-1;;;;+1;2*+2/p-3. The molecule has 0 heterocycles. The summed E-state index contributed by atoms with van der Waals surface area (Å²) in [7, 11) is 6.18. The molecule has 0 amide bonds. The summed E-state index contributed by atoms with van der Waals surface area (Å²) in [6.45, 7) is 4.00. The van der Waals surface area contributed by atoms with Crippen LogP contribution in [-0.4, -0.2) is 74.5 Å². The molecule has 0 aromatic heterocycles. The summed E-state index contributed by atoms with van der Waals surface area (Å²) in [6.07, 6.45) is 0.542. The van der Waals surface area contributed by atoms with Gasteiger partial charge in [0.05, 0.1) is 46.9 Å². The van der Waals surface area contributed by atoms with Crippen LogP contribution < -0.4 is 80.1 Å². The molecule has 0 spiro atoms. The molecule has 0 aliphatic heterocycles. The van der Waals surface area contributed by atoms with E-state index in [1.807, 2.05) is 32.4 Å². The molecule has 0 saturated heterocycles. The third-order valence-electron chi connectivity index (χ3n) is 4.48. The summed E-state index contributed by atoms with van der Waals surface area (Å²) in [5.41, 5.74) is 0.268. The second kappa shape index (κ2) is 29.9. The predicted octanol–water partition coefficient (Wildman–Crippen LogP) is -4.58. The van der Waals surface area contributed by atoms with Crippen molar-refractivity contribution in [2.45, 2.75) is 20.0 Å². The molecule has 3 rings (SSSR count). The molecule has 0 aliphatic carbocycles. The molecule has 3 aromatic rings. The molecule has 222 valence electrons. The van der Waals surface area contributed by atoms with Crippen molar-refractivity contribution in [1.82, 2.24) is 0 Å². The number of hydrogen-bond donors (Lipinski definition) is 0. The number of hydrogen-bond acceptors (Lipinski definition) is 5. The molecule has 0 saturated carbocycles. The fraction of sp³-hybridized carbons (Fsp3) is 0.269. The number of halogens is 8. The van der Waals surface area contributed by atoms with Crippen LogP contribution in [0.1, 0.15) is 31.1 Å². The van der Waals surface area contributed by atoms with E-state index in [0.717, 1.165) is 20.4 Å². The summed E-state index contributed by atoms with van der Waals surface area (Å²) in [4.78, 5) is 0. The third kappa shape index (κ3) is 16.9. The van der Waals surface area contributed by atoms with Crippen molar-refractivity contribution in [3.8, 4) is 23.0 Å². The monoisotopic (exact) mass is 870 g/mol. The van der Waals surface area contributed by atoms with Crippen LogP contribution in [-0.2, 0) is 0 Å². The van der Waals surface area contributed by atoms with Crippen LogP contribution in [0.5, 0.6) is 23.0 Å². The van der Waals surface area contributed by atoms with Gasteiger partial charge in [-0.15, -0.1) is 0 Å². The summed E-state index contributed by atoms with van der Waals surface area (Å²) in [5, 5.41) is 12.5. The van der Waals surface area contributed by atoms with Gasteiger partial charge in [0.1, 0.15) is 28.8 Å². The first-order valence-corrected chi connectivity index (χ1v) is 13.2. The van der Waals surface area contributed by atoms with Gasteiger partial charge >= 0.3 is 65.0 Å². The van der Waals surface area contributed by atoms with Crippen LogP contribution >= 0.6 is 59.4 Å². The fourth-order valence-corrected chi connectivity index (χ4v) is 4.82. The molecule has 0 radical (unpaired) electrons. The minimum Gasteiger partial charge on any atom is -1.00 e. The van der Waals surface area contributed by atoms with Crippen LogP contribution in [0.2, 0.25) is 5.02 Å². The Morgan fingerprint density at radius 1 is 0.714 bits per heavy atom. The van der Waals surface area contributed by atoms with Gasteiger partial charge in [-0.05, 0) is 77.1 Å². The maximum absolute atomic E-state index is 14.0. The Labute approximate surface area is 341 Å². The van der Waals surface area contributed by atoms with Gasteiger partial charge in [-0.1, -0.05) is 29.8 Å². The van der Waals surface area contributed by atoms with Gasteiger partial charge in [-0.25, -0.2) is 4.39 Å². The van der Waals surface area contributed by atoms with Gasteiger partial charge < -0.3 is 67.7 Å². The topological polar surface area (TPSA) is 60.0 Å². The quantitative estimate of drug-likeness (QED) is 0.185. The molecule has 0 bridgehead atoms. The Bertz CT molecular complexity index is 1140. The fourth-order valence-electron chi connectivity index (χ4n) is 2.80. The van der Waals surface area contributed by atoms with Gasteiger partial charge in [0.2, 0.25) is 0 Å². The van der Waals surface area contributed by atoms with E-state index in [9.17, 15) is 9.50 Å². The molecule has 42 heavy (non-hydrogen) atoms. The van der Waals surface area contributed by atoms with E-state index in [4.69, 9.17) is 30.5 Å². The van der Waals surface area contributed by atoms with Crippen molar-refractivity contribution in [1.29, 1.82) is 0 Å². The number of methoxy groups -OCH3 is 4. The molecular weight excluding hydrogens is 848 g/mol. The van der Waals surface area contributed by atoms with E-state index in [2.05, 4.69) is 47.8 Å². The average molecular weight is 876 g/mol. The zero-order valence-corrected chi connectivity index (χ0v) is 34.8. The van der Waals surface area contributed by atoms with Gasteiger partial charge in [-0.2, -0.15) is 13.8 Å². The van der Waals surface area contributed by atoms with Crippen LogP contribution in [0, 0.1) is 12.2 Å². The summed E-state index contributed by atoms with van der Waals surface area (Å²) < 4.78 is 36.9. The maximum atomic E-state index is 14.0. The smallest absolute Gasteiger partial charge is 1.00 e. The first kappa shape index (κ1) is 55.9. The van der Waals surface area contributed by atoms with Crippen molar-refractivity contribution in [2.24, 2.45) is 0 Å². The van der Waals surface area contributed by atoms with E-state index in [1.165, 1.54) is 32.4 Å². The van der Waals surface area contributed by atoms with E-state index in [0.29, 0.717) is 21.5 Å². The zero-order chi connectivity index (χ0) is 27.4. The van der Waals surface area contributed by atoms with Crippen molar-refractivity contribution < 1.29 is 84.5 Å². The Morgan fingerprint density at radius 2 is 1.07 bits per heavy atom. The molecule has 0 N–H and O–H groups in total. The summed E-state index contributed by atoms with van der Waals surface area (Å²) in [5.74, 6) is 1.65. The molecule has 16 heteroatoms. The summed E-state index contributed by atoms with van der Waals surface area (Å²) >= 11 is 15.7. The average Bonchev–Trinajstić information content (AvgIpc) is 2.86. The molecular formula is C26H27Br3Cl4FLiMg2O5. The first-order valence-electron chi connectivity index (χ1n) is 10.4. The van der Waals surface area contributed by atoms with Crippen molar-refractivity contribution >= 4 is 105 Å². The van der Waals surface area contributed by atoms with E-state index in [-0.39, 0.29) is 113 Å². The maximum Gasteiger partial charge on any atom is 2.00 e. The predicted molar refractivity (Wildman–Crippen MR) is 163 cm³/mol. The largest absolute Gasteiger partial charge is 2.00 e. The Hall–Kier alpha value is 1.48. The summed E-state index contributed by atoms with van der Waals surface area (Å²) in [6, 6.07) is 11.2. The Kier molecular flexibility index (Phi) is 39.7. The molecule has 0 fully saturated rings. The van der Waals surface area contributed by atoms with Crippen molar-refractivity contribution in [3.63, 3.8) is 0 Å². The molecule has 5 nitrogen and oxygen atoms in total. The first-order chi connectivity index (χ1) is 17.1. The third-order valence-corrected chi connectivity index (χ3v) is 6.63. The van der Waals surface area contributed by atoms with Gasteiger partial charge in [0, 0.05) is 12.1 Å². The normalized spacial score (nSPS) is 9.24. The van der Waals surface area contributed by atoms with Crippen molar-refractivity contribution in [2.75, 3.05) is 28.4 Å². The minimum absolute atomic E-state index is 0. The SMILES string of the molecule is COc1cc(OC)c(Br)cc1Br.COc1cc(OC)c(C([O-])c2cccc(Cl)c2F)cc1Br.C[CH-]C.[Cl-].[Cl-].[Cl-].[Li+].[Mg+2].[Mg+2]. The second-order valence-corrected chi connectivity index (χ2v) is 9.92. The number of rotatable bonds is 6. The van der Waals surface area contributed by atoms with Crippen molar-refractivity contribution in [3.05, 3.63) is 84.3 Å². The van der Waals surface area contributed by atoms with E-state index in [1.54, 1.807) is 26.4 Å². The van der Waals surface area contributed by atoms with Gasteiger partial charge in [0.15, 0.2) is 0 Å².